The van der Waals surface area contributed by atoms with Crippen molar-refractivity contribution in [2.45, 2.75) is 6.92 Å². The van der Waals surface area contributed by atoms with E-state index in [4.69, 9.17) is 5.26 Å². The van der Waals surface area contributed by atoms with Crippen LogP contribution in [0.2, 0.25) is 0 Å². The second kappa shape index (κ2) is 4.08. The van der Waals surface area contributed by atoms with Gasteiger partial charge < -0.3 is 0 Å². The third kappa shape index (κ3) is 1.96. The maximum Gasteiger partial charge on any atom is 0.0994 e. The van der Waals surface area contributed by atoms with Crippen molar-refractivity contribution in [3.8, 4) is 6.07 Å². The second-order valence-corrected chi connectivity index (χ2v) is 3.24. The van der Waals surface area contributed by atoms with Crippen LogP contribution in [0.15, 0.2) is 34.8 Å². The van der Waals surface area contributed by atoms with Gasteiger partial charge in [-0.2, -0.15) is 5.26 Å². The first kappa shape index (κ1) is 9.02. The molecule has 60 valence electrons. The summed E-state index contributed by atoms with van der Waals surface area (Å²) in [5.74, 6) is 0. The molecular formula is C10H8BrN. The Kier molecular flexibility index (Phi) is 3.07. The molecule has 0 aliphatic rings. The largest absolute Gasteiger partial charge is 0.192 e. The van der Waals surface area contributed by atoms with Crippen LogP contribution in [0.5, 0.6) is 0 Å². The molecule has 1 aromatic carbocycles. The van der Waals surface area contributed by atoms with Crippen LogP contribution in [0.4, 0.5) is 0 Å². The van der Waals surface area contributed by atoms with Gasteiger partial charge in [-0.05, 0) is 24.6 Å². The van der Waals surface area contributed by atoms with Gasteiger partial charge >= 0.3 is 0 Å². The summed E-state index contributed by atoms with van der Waals surface area (Å²) < 4.78 is 0.995. The highest BCUT2D eigenvalue weighted by atomic mass is 79.9. The average molecular weight is 222 g/mol. The predicted octanol–water partition coefficient (Wildman–Crippen LogP) is 3.38. The lowest BCUT2D eigenvalue weighted by Gasteiger charge is -1.97. The topological polar surface area (TPSA) is 23.8 Å². The van der Waals surface area contributed by atoms with Crippen molar-refractivity contribution in [1.29, 1.82) is 5.26 Å². The fraction of sp³-hybridized carbons (Fsp3) is 0.100. The minimum atomic E-state index is 0.705. The molecule has 0 aliphatic heterocycles. The molecule has 12 heavy (non-hydrogen) atoms. The van der Waals surface area contributed by atoms with E-state index in [1.807, 2.05) is 37.3 Å². The van der Waals surface area contributed by atoms with Crippen molar-refractivity contribution in [2.24, 2.45) is 0 Å². The molecule has 0 atom stereocenters. The van der Waals surface area contributed by atoms with Gasteiger partial charge in [0.1, 0.15) is 0 Å². The summed E-state index contributed by atoms with van der Waals surface area (Å²) >= 11 is 3.35. The lowest BCUT2D eigenvalue weighted by atomic mass is 10.1. The van der Waals surface area contributed by atoms with Crippen LogP contribution in [-0.2, 0) is 0 Å². The number of rotatable bonds is 1. The number of hydrogen-bond acceptors (Lipinski definition) is 1. The monoisotopic (exact) mass is 221 g/mol. The van der Waals surface area contributed by atoms with Crippen molar-refractivity contribution < 1.29 is 0 Å². The Morgan fingerprint density at radius 1 is 1.58 bits per heavy atom. The van der Waals surface area contributed by atoms with Crippen molar-refractivity contribution in [1.82, 2.24) is 0 Å². The van der Waals surface area contributed by atoms with E-state index in [0.717, 1.165) is 10.0 Å². The Balaban J connectivity index is 3.13. The molecule has 0 aromatic heterocycles. The van der Waals surface area contributed by atoms with E-state index >= 15 is 0 Å². The molecule has 0 aliphatic carbocycles. The third-order valence-electron chi connectivity index (χ3n) is 1.54. The highest BCUT2D eigenvalue weighted by molar-refractivity contribution is 9.10. The first-order valence-corrected chi connectivity index (χ1v) is 4.39. The molecule has 0 saturated carbocycles. The van der Waals surface area contributed by atoms with E-state index in [0.29, 0.717) is 5.57 Å². The summed E-state index contributed by atoms with van der Waals surface area (Å²) in [6.45, 7) is 1.86. The maximum absolute atomic E-state index is 8.74. The Morgan fingerprint density at radius 2 is 2.33 bits per heavy atom. The number of nitrogens with zero attached hydrogens (tertiary/aromatic N) is 1. The van der Waals surface area contributed by atoms with Gasteiger partial charge in [0.25, 0.3) is 0 Å². The van der Waals surface area contributed by atoms with E-state index in [-0.39, 0.29) is 0 Å². The summed E-state index contributed by atoms with van der Waals surface area (Å²) in [4.78, 5) is 0. The van der Waals surface area contributed by atoms with E-state index in [2.05, 4.69) is 22.0 Å². The lowest BCUT2D eigenvalue weighted by molar-refractivity contribution is 1.50. The molecule has 0 heterocycles. The number of halogens is 1. The van der Waals surface area contributed by atoms with Crippen molar-refractivity contribution in [2.75, 3.05) is 0 Å². The predicted molar refractivity (Wildman–Crippen MR) is 53.4 cm³/mol. The molecule has 1 rings (SSSR count). The molecule has 0 spiro atoms. The Bertz CT molecular complexity index is 347. The average Bonchev–Trinajstić information content (AvgIpc) is 2.07. The zero-order chi connectivity index (χ0) is 8.97. The lowest BCUT2D eigenvalue weighted by Crippen LogP contribution is -1.79. The van der Waals surface area contributed by atoms with Gasteiger partial charge in [0.2, 0.25) is 0 Å². The van der Waals surface area contributed by atoms with Gasteiger partial charge in [-0.15, -0.1) is 0 Å². The van der Waals surface area contributed by atoms with Crippen molar-refractivity contribution in [3.05, 3.63) is 40.4 Å². The van der Waals surface area contributed by atoms with E-state index in [1.54, 1.807) is 0 Å². The zero-order valence-corrected chi connectivity index (χ0v) is 8.30. The molecule has 0 saturated heterocycles. The molecule has 0 fully saturated rings. The zero-order valence-electron chi connectivity index (χ0n) is 6.71. The smallest absolute Gasteiger partial charge is 0.0994 e. The van der Waals surface area contributed by atoms with Gasteiger partial charge in [0.15, 0.2) is 0 Å². The summed E-state index contributed by atoms with van der Waals surface area (Å²) in [6, 6.07) is 9.84. The Labute approximate surface area is 80.5 Å². The van der Waals surface area contributed by atoms with Gasteiger partial charge in [-0.25, -0.2) is 0 Å². The molecule has 0 amide bonds. The first-order valence-electron chi connectivity index (χ1n) is 3.60. The summed E-state index contributed by atoms with van der Waals surface area (Å²) in [5.41, 5.74) is 1.66. The van der Waals surface area contributed by atoms with Crippen LogP contribution < -0.4 is 0 Å². The Morgan fingerprint density at radius 3 is 2.83 bits per heavy atom. The van der Waals surface area contributed by atoms with E-state index in [9.17, 15) is 0 Å². The number of allylic oxidation sites excluding steroid dienone is 2. The van der Waals surface area contributed by atoms with Crippen LogP contribution in [0.1, 0.15) is 12.5 Å². The maximum atomic E-state index is 8.74. The molecule has 1 aromatic rings. The summed E-state index contributed by atoms with van der Waals surface area (Å²) in [7, 11) is 0. The van der Waals surface area contributed by atoms with Crippen molar-refractivity contribution >= 4 is 21.5 Å². The Hall–Kier alpha value is -1.07. The van der Waals surface area contributed by atoms with Gasteiger partial charge in [-0.1, -0.05) is 34.1 Å². The van der Waals surface area contributed by atoms with Crippen LogP contribution in [-0.4, -0.2) is 0 Å². The van der Waals surface area contributed by atoms with Crippen molar-refractivity contribution in [3.63, 3.8) is 0 Å². The third-order valence-corrected chi connectivity index (χ3v) is 2.04. The van der Waals surface area contributed by atoms with E-state index < -0.39 is 0 Å². The summed E-state index contributed by atoms with van der Waals surface area (Å²) in [5, 5.41) is 8.74. The molecule has 1 nitrogen and oxygen atoms in total. The van der Waals surface area contributed by atoms with Gasteiger partial charge in [0.05, 0.1) is 11.6 Å². The minimum absolute atomic E-state index is 0.705. The van der Waals surface area contributed by atoms with Gasteiger partial charge in [-0.3, -0.25) is 0 Å². The molecule has 0 bridgehead atoms. The fourth-order valence-electron chi connectivity index (χ4n) is 0.952. The first-order chi connectivity index (χ1) is 5.77. The SMILES string of the molecule is C/C=C(/C#N)c1cccc(Br)c1. The standard InChI is InChI=1S/C10H8BrN/c1-2-8(7-12)9-4-3-5-10(11)6-9/h2-6H,1H3/b8-2-. The molecule has 0 unspecified atom stereocenters. The fourth-order valence-corrected chi connectivity index (χ4v) is 1.35. The number of nitriles is 1. The van der Waals surface area contributed by atoms with Crippen LogP contribution in [0, 0.1) is 11.3 Å². The highest BCUT2D eigenvalue weighted by Crippen LogP contribution is 2.18. The molecular weight excluding hydrogens is 214 g/mol. The second-order valence-electron chi connectivity index (χ2n) is 2.32. The number of hydrogen-bond donors (Lipinski definition) is 0. The molecule has 0 N–H and O–H groups in total. The van der Waals surface area contributed by atoms with E-state index in [1.165, 1.54) is 0 Å². The minimum Gasteiger partial charge on any atom is -0.192 e. The summed E-state index contributed by atoms with van der Waals surface area (Å²) in [6.07, 6.45) is 1.81. The van der Waals surface area contributed by atoms with Crippen LogP contribution in [0.25, 0.3) is 5.57 Å². The highest BCUT2D eigenvalue weighted by Gasteiger charge is 1.97. The van der Waals surface area contributed by atoms with Gasteiger partial charge in [0, 0.05) is 4.47 Å². The number of benzene rings is 1. The molecule has 0 radical (unpaired) electrons. The molecule has 2 heteroatoms. The quantitative estimate of drug-likeness (QED) is 0.668. The van der Waals surface area contributed by atoms with Crippen LogP contribution >= 0.6 is 15.9 Å². The van der Waals surface area contributed by atoms with Crippen LogP contribution in [0.3, 0.4) is 0 Å². The normalized spacial score (nSPS) is 10.9.